The quantitative estimate of drug-likeness (QED) is 0.923. The molecule has 2 rings (SSSR count). The maximum absolute atomic E-state index is 6.38. The average molecular weight is 320 g/mol. The molecule has 0 aliphatic carbocycles. The number of methoxy groups -OCH3 is 1. The van der Waals surface area contributed by atoms with Crippen LogP contribution in [0.15, 0.2) is 40.9 Å². The maximum atomic E-state index is 6.38. The lowest BCUT2D eigenvalue weighted by atomic mass is 9.94. The van der Waals surface area contributed by atoms with Crippen molar-refractivity contribution in [2.24, 2.45) is 5.73 Å². The highest BCUT2D eigenvalue weighted by Crippen LogP contribution is 2.29. The monoisotopic (exact) mass is 319 g/mol. The predicted molar refractivity (Wildman–Crippen MR) is 82.6 cm³/mol. The van der Waals surface area contributed by atoms with Crippen molar-refractivity contribution >= 4 is 15.9 Å². The molecule has 0 fully saturated rings. The summed E-state index contributed by atoms with van der Waals surface area (Å²) in [5, 5.41) is 0. The second-order valence-corrected chi connectivity index (χ2v) is 5.63. The highest BCUT2D eigenvalue weighted by Gasteiger charge is 2.14. The number of benzene rings is 2. The van der Waals surface area contributed by atoms with Gasteiger partial charge in [-0.05, 0) is 54.3 Å². The molecular formula is C16H18BrNO. The van der Waals surface area contributed by atoms with Crippen molar-refractivity contribution in [3.8, 4) is 5.75 Å². The molecule has 2 N–H and O–H groups in total. The Labute approximate surface area is 122 Å². The summed E-state index contributed by atoms with van der Waals surface area (Å²) in [7, 11) is 1.69. The molecule has 0 heterocycles. The zero-order valence-corrected chi connectivity index (χ0v) is 13.0. The van der Waals surface area contributed by atoms with Crippen molar-refractivity contribution in [3.63, 3.8) is 0 Å². The van der Waals surface area contributed by atoms with Crippen LogP contribution in [0.25, 0.3) is 0 Å². The van der Waals surface area contributed by atoms with Crippen molar-refractivity contribution in [3.05, 3.63) is 63.1 Å². The minimum absolute atomic E-state index is 0.123. The second-order valence-electron chi connectivity index (χ2n) is 4.71. The highest BCUT2D eigenvalue weighted by atomic mass is 79.9. The van der Waals surface area contributed by atoms with E-state index in [1.807, 2.05) is 25.1 Å². The van der Waals surface area contributed by atoms with Gasteiger partial charge in [0.15, 0.2) is 0 Å². The van der Waals surface area contributed by atoms with Gasteiger partial charge in [0.2, 0.25) is 0 Å². The van der Waals surface area contributed by atoms with Crippen LogP contribution in [0.1, 0.15) is 28.3 Å². The van der Waals surface area contributed by atoms with Crippen LogP contribution in [0.3, 0.4) is 0 Å². The number of aryl methyl sites for hydroxylation is 2. The molecule has 0 spiro atoms. The Morgan fingerprint density at radius 3 is 2.47 bits per heavy atom. The molecule has 0 aliphatic heterocycles. The van der Waals surface area contributed by atoms with E-state index in [0.29, 0.717) is 0 Å². The number of halogens is 1. The lowest BCUT2D eigenvalue weighted by Gasteiger charge is -2.18. The summed E-state index contributed by atoms with van der Waals surface area (Å²) in [6, 6.07) is 12.1. The van der Waals surface area contributed by atoms with Gasteiger partial charge in [-0.1, -0.05) is 34.1 Å². The van der Waals surface area contributed by atoms with Gasteiger partial charge >= 0.3 is 0 Å². The third-order valence-electron chi connectivity index (χ3n) is 3.33. The molecule has 0 saturated heterocycles. The molecule has 3 heteroatoms. The fraction of sp³-hybridized carbons (Fsp3) is 0.250. The maximum Gasteiger partial charge on any atom is 0.122 e. The third kappa shape index (κ3) is 2.99. The van der Waals surface area contributed by atoms with Gasteiger partial charge in [-0.15, -0.1) is 0 Å². The molecular weight excluding hydrogens is 302 g/mol. The lowest BCUT2D eigenvalue weighted by molar-refractivity contribution is 0.411. The van der Waals surface area contributed by atoms with E-state index in [1.165, 1.54) is 0 Å². The van der Waals surface area contributed by atoms with Crippen LogP contribution in [0.4, 0.5) is 0 Å². The first-order valence-electron chi connectivity index (χ1n) is 6.19. The minimum Gasteiger partial charge on any atom is -0.496 e. The molecule has 0 radical (unpaired) electrons. The molecule has 0 bridgehead atoms. The Bertz CT molecular complexity index is 595. The normalized spacial score (nSPS) is 12.3. The topological polar surface area (TPSA) is 35.2 Å². The molecule has 2 aromatic carbocycles. The van der Waals surface area contributed by atoms with E-state index in [4.69, 9.17) is 10.5 Å². The van der Waals surface area contributed by atoms with Crippen LogP contribution in [0, 0.1) is 13.8 Å². The smallest absolute Gasteiger partial charge is 0.122 e. The predicted octanol–water partition coefficient (Wildman–Crippen LogP) is 4.12. The molecule has 0 saturated carbocycles. The summed E-state index contributed by atoms with van der Waals surface area (Å²) in [5.74, 6) is 0.905. The number of nitrogens with two attached hydrogens (primary N) is 1. The van der Waals surface area contributed by atoms with Crippen LogP contribution in [0.2, 0.25) is 0 Å². The Hall–Kier alpha value is -1.32. The molecule has 2 aromatic rings. The summed E-state index contributed by atoms with van der Waals surface area (Å²) in [6.07, 6.45) is 0. The van der Waals surface area contributed by atoms with Crippen molar-refractivity contribution < 1.29 is 4.74 Å². The van der Waals surface area contributed by atoms with Gasteiger partial charge in [-0.2, -0.15) is 0 Å². The SMILES string of the molecule is COc1cc(C)c(C(N)c2cccc(Br)c2)cc1C. The Balaban J connectivity index is 2.44. The number of rotatable bonds is 3. The van der Waals surface area contributed by atoms with E-state index in [2.05, 4.69) is 41.1 Å². The largest absolute Gasteiger partial charge is 0.496 e. The number of ether oxygens (including phenoxy) is 1. The minimum atomic E-state index is -0.123. The molecule has 2 nitrogen and oxygen atoms in total. The Kier molecular flexibility index (Phi) is 4.27. The fourth-order valence-corrected chi connectivity index (χ4v) is 2.66. The van der Waals surface area contributed by atoms with E-state index in [0.717, 1.165) is 32.5 Å². The molecule has 19 heavy (non-hydrogen) atoms. The van der Waals surface area contributed by atoms with Crippen molar-refractivity contribution in [1.29, 1.82) is 0 Å². The Morgan fingerprint density at radius 2 is 1.84 bits per heavy atom. The van der Waals surface area contributed by atoms with Crippen molar-refractivity contribution in [2.75, 3.05) is 7.11 Å². The molecule has 100 valence electrons. The van der Waals surface area contributed by atoms with Crippen LogP contribution < -0.4 is 10.5 Å². The van der Waals surface area contributed by atoms with Crippen LogP contribution in [-0.2, 0) is 0 Å². The van der Waals surface area contributed by atoms with Crippen LogP contribution in [-0.4, -0.2) is 7.11 Å². The van der Waals surface area contributed by atoms with Gasteiger partial charge in [0.1, 0.15) is 5.75 Å². The standard InChI is InChI=1S/C16H18BrNO/c1-10-8-15(19-3)11(2)7-14(10)16(18)12-5-4-6-13(17)9-12/h4-9,16H,18H2,1-3H3. The van der Waals surface area contributed by atoms with Gasteiger partial charge in [0.25, 0.3) is 0 Å². The summed E-state index contributed by atoms with van der Waals surface area (Å²) in [5.41, 5.74) is 10.9. The lowest BCUT2D eigenvalue weighted by Crippen LogP contribution is -2.13. The Morgan fingerprint density at radius 1 is 1.11 bits per heavy atom. The first kappa shape index (κ1) is 14.1. The molecule has 0 aliphatic rings. The van der Waals surface area contributed by atoms with Crippen molar-refractivity contribution in [1.82, 2.24) is 0 Å². The van der Waals surface area contributed by atoms with Gasteiger partial charge in [-0.25, -0.2) is 0 Å². The van der Waals surface area contributed by atoms with Gasteiger partial charge < -0.3 is 10.5 Å². The van der Waals surface area contributed by atoms with E-state index in [-0.39, 0.29) is 6.04 Å². The summed E-state index contributed by atoms with van der Waals surface area (Å²) < 4.78 is 6.38. The first-order chi connectivity index (χ1) is 9.02. The summed E-state index contributed by atoms with van der Waals surface area (Å²) >= 11 is 3.48. The van der Waals surface area contributed by atoms with Gasteiger partial charge in [-0.3, -0.25) is 0 Å². The molecule has 0 amide bonds. The summed E-state index contributed by atoms with van der Waals surface area (Å²) in [6.45, 7) is 4.10. The highest BCUT2D eigenvalue weighted by molar-refractivity contribution is 9.10. The van der Waals surface area contributed by atoms with E-state index < -0.39 is 0 Å². The van der Waals surface area contributed by atoms with E-state index in [1.54, 1.807) is 7.11 Å². The third-order valence-corrected chi connectivity index (χ3v) is 3.82. The second kappa shape index (κ2) is 5.76. The zero-order valence-electron chi connectivity index (χ0n) is 11.4. The molecule has 0 aromatic heterocycles. The first-order valence-corrected chi connectivity index (χ1v) is 6.98. The number of hydrogen-bond acceptors (Lipinski definition) is 2. The van der Waals surface area contributed by atoms with E-state index >= 15 is 0 Å². The van der Waals surface area contributed by atoms with Gasteiger partial charge in [0.05, 0.1) is 13.2 Å². The van der Waals surface area contributed by atoms with Crippen LogP contribution >= 0.6 is 15.9 Å². The fourth-order valence-electron chi connectivity index (χ4n) is 2.25. The molecule has 1 atom stereocenters. The van der Waals surface area contributed by atoms with E-state index in [9.17, 15) is 0 Å². The molecule has 1 unspecified atom stereocenters. The van der Waals surface area contributed by atoms with Gasteiger partial charge in [0, 0.05) is 4.47 Å². The van der Waals surface area contributed by atoms with Crippen LogP contribution in [0.5, 0.6) is 5.75 Å². The van der Waals surface area contributed by atoms with Crippen molar-refractivity contribution in [2.45, 2.75) is 19.9 Å². The average Bonchev–Trinajstić information content (AvgIpc) is 2.40. The number of hydrogen-bond donors (Lipinski definition) is 1. The summed E-state index contributed by atoms with van der Waals surface area (Å²) in [4.78, 5) is 0. The zero-order chi connectivity index (χ0) is 14.0.